The van der Waals surface area contributed by atoms with Crippen LogP contribution in [0.25, 0.3) is 0 Å². The van der Waals surface area contributed by atoms with Crippen molar-refractivity contribution in [2.24, 2.45) is 0 Å². The third kappa shape index (κ3) is 7.10. The van der Waals surface area contributed by atoms with Crippen LogP contribution in [-0.4, -0.2) is 51.2 Å². The Balaban J connectivity index is 2.36. The van der Waals surface area contributed by atoms with Gasteiger partial charge in [0.25, 0.3) is 0 Å². The smallest absolute Gasteiger partial charge is 0.410 e. The summed E-state index contributed by atoms with van der Waals surface area (Å²) in [7, 11) is -1.93. The molecule has 0 radical (unpaired) electrons. The van der Waals surface area contributed by atoms with Crippen LogP contribution in [0.5, 0.6) is 0 Å². The lowest BCUT2D eigenvalue weighted by Gasteiger charge is -2.40. The fourth-order valence-corrected chi connectivity index (χ4v) is 4.72. The van der Waals surface area contributed by atoms with E-state index in [1.54, 1.807) is 11.0 Å². The summed E-state index contributed by atoms with van der Waals surface area (Å²) in [6.45, 7) is 18.7. The first-order valence-corrected chi connectivity index (χ1v) is 14.9. The van der Waals surface area contributed by atoms with Crippen LogP contribution >= 0.6 is 23.2 Å². The van der Waals surface area contributed by atoms with Gasteiger partial charge in [-0.25, -0.2) is 4.79 Å². The Bertz CT molecular complexity index is 804. The van der Waals surface area contributed by atoms with Crippen LogP contribution in [0.3, 0.4) is 0 Å². The largest absolute Gasteiger partial charge is 0.444 e. The van der Waals surface area contributed by atoms with Gasteiger partial charge >= 0.3 is 6.09 Å². The van der Waals surface area contributed by atoms with Crippen molar-refractivity contribution < 1.29 is 18.7 Å². The lowest BCUT2D eigenvalue weighted by molar-refractivity contribution is -0.0671. The minimum atomic E-state index is -1.93. The molecule has 1 aromatic rings. The van der Waals surface area contributed by atoms with E-state index in [1.807, 2.05) is 32.9 Å². The maximum Gasteiger partial charge on any atom is 0.410 e. The van der Waals surface area contributed by atoms with E-state index in [-0.39, 0.29) is 11.1 Å². The van der Waals surface area contributed by atoms with Crippen LogP contribution in [0.15, 0.2) is 18.2 Å². The molecule has 1 aliphatic rings. The van der Waals surface area contributed by atoms with E-state index in [9.17, 15) is 4.79 Å². The van der Waals surface area contributed by atoms with Crippen molar-refractivity contribution >= 4 is 37.6 Å². The zero-order valence-corrected chi connectivity index (χ0v) is 23.3. The van der Waals surface area contributed by atoms with Crippen LogP contribution in [0.1, 0.15) is 59.9 Å². The highest BCUT2D eigenvalue weighted by atomic mass is 35.5. The van der Waals surface area contributed by atoms with Crippen molar-refractivity contribution in [2.75, 3.05) is 26.3 Å². The summed E-state index contributed by atoms with van der Waals surface area (Å²) in [6.07, 6.45) is 0.986. The molecule has 0 saturated carbocycles. The van der Waals surface area contributed by atoms with Gasteiger partial charge in [0.05, 0.1) is 16.6 Å². The van der Waals surface area contributed by atoms with Gasteiger partial charge in [0, 0.05) is 26.2 Å². The van der Waals surface area contributed by atoms with Crippen molar-refractivity contribution in [3.8, 4) is 0 Å². The zero-order chi connectivity index (χ0) is 24.4. The predicted octanol–water partition coefficient (Wildman–Crippen LogP) is 7.26. The number of carbonyl (C=O) groups excluding carboxylic acids is 1. The Kier molecular flexibility index (Phi) is 8.77. The van der Waals surface area contributed by atoms with Gasteiger partial charge in [-0.2, -0.15) is 0 Å². The van der Waals surface area contributed by atoms with Gasteiger partial charge in [0.2, 0.25) is 0 Å². The number of halogens is 2. The van der Waals surface area contributed by atoms with E-state index in [1.165, 1.54) is 0 Å². The monoisotopic (exact) mass is 503 g/mol. The molecule has 0 unspecified atom stereocenters. The summed E-state index contributed by atoms with van der Waals surface area (Å²) < 4.78 is 18.6. The lowest BCUT2D eigenvalue weighted by atomic mass is 9.89. The SMILES string of the molecule is CC(C)(C)OC(=O)N1CCCO[C@](CCO[Si](C)(C)C(C)(C)C)(c2ccc(Cl)c(Cl)c2)C1. The Morgan fingerprint density at radius 2 is 1.81 bits per heavy atom. The van der Waals surface area contributed by atoms with Crippen LogP contribution < -0.4 is 0 Å². The molecule has 1 saturated heterocycles. The van der Waals surface area contributed by atoms with E-state index in [2.05, 4.69) is 33.9 Å². The first kappa shape index (κ1) is 27.5. The molecule has 5 nitrogen and oxygen atoms in total. The third-order valence-electron chi connectivity index (χ3n) is 6.27. The number of nitrogens with zero attached hydrogens (tertiary/aromatic N) is 1. The van der Waals surface area contributed by atoms with Gasteiger partial charge in [-0.15, -0.1) is 0 Å². The summed E-state index contributed by atoms with van der Waals surface area (Å²) in [5, 5.41) is 1.06. The Morgan fingerprint density at radius 1 is 1.16 bits per heavy atom. The molecule has 2 rings (SSSR count). The summed E-state index contributed by atoms with van der Waals surface area (Å²) in [6, 6.07) is 5.55. The first-order chi connectivity index (χ1) is 14.6. The van der Waals surface area contributed by atoms with Crippen molar-refractivity contribution in [1.29, 1.82) is 0 Å². The molecule has 0 bridgehead atoms. The molecular formula is C24H39Cl2NO4Si. The van der Waals surface area contributed by atoms with E-state index in [4.69, 9.17) is 37.1 Å². The van der Waals surface area contributed by atoms with Gasteiger partial charge < -0.3 is 18.8 Å². The van der Waals surface area contributed by atoms with Gasteiger partial charge in [-0.3, -0.25) is 0 Å². The maximum absolute atomic E-state index is 12.9. The van der Waals surface area contributed by atoms with E-state index in [0.717, 1.165) is 12.0 Å². The molecule has 1 amide bonds. The van der Waals surface area contributed by atoms with Gasteiger partial charge in [-0.1, -0.05) is 50.0 Å². The summed E-state index contributed by atoms with van der Waals surface area (Å²) in [4.78, 5) is 14.7. The van der Waals surface area contributed by atoms with Crippen LogP contribution in [0.2, 0.25) is 28.2 Å². The molecule has 1 heterocycles. The normalized spacial score (nSPS) is 20.8. The van der Waals surface area contributed by atoms with Gasteiger partial charge in [-0.05, 0) is 63.0 Å². The molecular weight excluding hydrogens is 465 g/mol. The molecule has 182 valence electrons. The highest BCUT2D eigenvalue weighted by Crippen LogP contribution is 2.39. The second kappa shape index (κ2) is 10.2. The molecule has 32 heavy (non-hydrogen) atoms. The Hall–Kier alpha value is -0.793. The van der Waals surface area contributed by atoms with E-state index < -0.39 is 19.5 Å². The van der Waals surface area contributed by atoms with Crippen LogP contribution in [0, 0.1) is 0 Å². The second-order valence-electron chi connectivity index (χ2n) is 11.1. The van der Waals surface area contributed by atoms with Gasteiger partial charge in [0.1, 0.15) is 11.2 Å². The highest BCUT2D eigenvalue weighted by molar-refractivity contribution is 6.74. The Morgan fingerprint density at radius 3 is 2.38 bits per heavy atom. The molecule has 0 spiro atoms. The number of ether oxygens (including phenoxy) is 2. The number of rotatable bonds is 5. The van der Waals surface area contributed by atoms with Gasteiger partial charge in [0.15, 0.2) is 8.32 Å². The quantitative estimate of drug-likeness (QED) is 0.396. The fraction of sp³-hybridized carbons (Fsp3) is 0.708. The molecule has 0 aromatic heterocycles. The lowest BCUT2D eigenvalue weighted by Crippen LogP contribution is -2.47. The predicted molar refractivity (Wildman–Crippen MR) is 134 cm³/mol. The molecule has 8 heteroatoms. The summed E-state index contributed by atoms with van der Waals surface area (Å²) >= 11 is 12.6. The summed E-state index contributed by atoms with van der Waals surface area (Å²) in [5.41, 5.74) is -0.437. The van der Waals surface area contributed by atoms with Crippen molar-refractivity contribution in [3.63, 3.8) is 0 Å². The molecule has 1 atom stereocenters. The zero-order valence-electron chi connectivity index (χ0n) is 20.8. The average Bonchev–Trinajstić information content (AvgIpc) is 2.85. The second-order valence-corrected chi connectivity index (χ2v) is 16.7. The minimum absolute atomic E-state index is 0.108. The number of benzene rings is 1. The van der Waals surface area contributed by atoms with E-state index >= 15 is 0 Å². The van der Waals surface area contributed by atoms with Crippen molar-refractivity contribution in [2.45, 2.75) is 83.7 Å². The molecule has 1 fully saturated rings. The van der Waals surface area contributed by atoms with Crippen LogP contribution in [0.4, 0.5) is 4.79 Å². The average molecular weight is 505 g/mol. The summed E-state index contributed by atoms with van der Waals surface area (Å²) in [5.74, 6) is 0. The van der Waals surface area contributed by atoms with Crippen LogP contribution in [-0.2, 0) is 19.5 Å². The molecule has 0 N–H and O–H groups in total. The highest BCUT2D eigenvalue weighted by Gasteiger charge is 2.42. The molecule has 1 aliphatic heterocycles. The van der Waals surface area contributed by atoms with E-state index in [0.29, 0.717) is 42.8 Å². The standard InChI is InChI=1S/C24H39Cl2NO4Si/c1-22(2,3)31-21(28)27-13-9-14-29-24(17-27,18-10-11-19(25)20(26)16-18)12-15-30-32(7,8)23(4,5)6/h10-11,16H,9,12-15,17H2,1-8H3/t24-/m0/s1. The molecule has 1 aromatic carbocycles. The first-order valence-electron chi connectivity index (χ1n) is 11.3. The minimum Gasteiger partial charge on any atom is -0.444 e. The topological polar surface area (TPSA) is 48.0 Å². The third-order valence-corrected chi connectivity index (χ3v) is 11.5. The maximum atomic E-state index is 12.9. The number of carbonyl (C=O) groups is 1. The number of hydrogen-bond acceptors (Lipinski definition) is 4. The van der Waals surface area contributed by atoms with Crippen molar-refractivity contribution in [1.82, 2.24) is 4.90 Å². The number of hydrogen-bond donors (Lipinski definition) is 0. The Labute approximate surface area is 204 Å². The molecule has 0 aliphatic carbocycles. The number of amides is 1. The fourth-order valence-electron chi connectivity index (χ4n) is 3.38. The van der Waals surface area contributed by atoms with Crippen molar-refractivity contribution in [3.05, 3.63) is 33.8 Å².